The molecule has 0 fully saturated rings. The third-order valence-corrected chi connectivity index (χ3v) is 4.66. The number of benzene rings is 3. The zero-order valence-electron chi connectivity index (χ0n) is 15.9. The standard InChI is InChI=1S/C24H22BrNO3/c1-2-15-28-23-11-7-6-10-21(23)26-24(27)20-17-19(25)12-13-22(20)29-16-14-18-8-4-3-5-9-18/h2-13,17H,1,14-16H2,(H,26,27). The summed E-state index contributed by atoms with van der Waals surface area (Å²) in [6.07, 6.45) is 2.42. The van der Waals surface area contributed by atoms with Crippen molar-refractivity contribution in [2.45, 2.75) is 6.42 Å². The molecule has 5 heteroatoms. The lowest BCUT2D eigenvalue weighted by atomic mass is 10.1. The van der Waals surface area contributed by atoms with Crippen LogP contribution in [-0.4, -0.2) is 19.1 Å². The monoisotopic (exact) mass is 451 g/mol. The van der Waals surface area contributed by atoms with Crippen LogP contribution >= 0.6 is 15.9 Å². The van der Waals surface area contributed by atoms with Gasteiger partial charge >= 0.3 is 0 Å². The smallest absolute Gasteiger partial charge is 0.259 e. The molecule has 0 saturated heterocycles. The van der Waals surface area contributed by atoms with Gasteiger partial charge in [0.05, 0.1) is 17.9 Å². The fourth-order valence-corrected chi connectivity index (χ4v) is 3.12. The van der Waals surface area contributed by atoms with Crippen LogP contribution in [0.3, 0.4) is 0 Å². The third kappa shape index (κ3) is 5.96. The molecule has 0 aliphatic heterocycles. The number of anilines is 1. The van der Waals surface area contributed by atoms with Crippen LogP contribution in [0.5, 0.6) is 11.5 Å². The van der Waals surface area contributed by atoms with Gasteiger partial charge in [0.15, 0.2) is 0 Å². The Balaban J connectivity index is 1.73. The topological polar surface area (TPSA) is 47.6 Å². The van der Waals surface area contributed by atoms with Crippen molar-refractivity contribution in [1.82, 2.24) is 0 Å². The van der Waals surface area contributed by atoms with Gasteiger partial charge in [-0.15, -0.1) is 0 Å². The third-order valence-electron chi connectivity index (χ3n) is 4.17. The SMILES string of the molecule is C=CCOc1ccccc1NC(=O)c1cc(Br)ccc1OCCc1ccccc1. The van der Waals surface area contributed by atoms with Crippen LogP contribution in [0.4, 0.5) is 5.69 Å². The Bertz CT molecular complexity index is 973. The first kappa shape index (κ1) is 20.7. The van der Waals surface area contributed by atoms with Gasteiger partial charge in [0.2, 0.25) is 0 Å². The number of carbonyl (C=O) groups is 1. The average molecular weight is 452 g/mol. The highest BCUT2D eigenvalue weighted by Crippen LogP contribution is 2.28. The molecule has 0 unspecified atom stereocenters. The molecule has 0 saturated carbocycles. The van der Waals surface area contributed by atoms with E-state index in [1.807, 2.05) is 36.4 Å². The zero-order valence-corrected chi connectivity index (χ0v) is 17.5. The fourth-order valence-electron chi connectivity index (χ4n) is 2.76. The molecule has 3 aromatic rings. The molecular weight excluding hydrogens is 430 g/mol. The van der Waals surface area contributed by atoms with Crippen LogP contribution in [0.15, 0.2) is 89.9 Å². The van der Waals surface area contributed by atoms with E-state index >= 15 is 0 Å². The molecule has 0 aliphatic rings. The van der Waals surface area contributed by atoms with Crippen molar-refractivity contribution in [1.29, 1.82) is 0 Å². The second-order valence-corrected chi connectivity index (χ2v) is 7.19. The number of amides is 1. The van der Waals surface area contributed by atoms with Crippen molar-refractivity contribution in [3.63, 3.8) is 0 Å². The first-order chi connectivity index (χ1) is 14.2. The Morgan fingerprint density at radius 2 is 1.72 bits per heavy atom. The number of halogens is 1. The van der Waals surface area contributed by atoms with Gasteiger partial charge in [0, 0.05) is 10.9 Å². The highest BCUT2D eigenvalue weighted by atomic mass is 79.9. The van der Waals surface area contributed by atoms with Gasteiger partial charge in [-0.2, -0.15) is 0 Å². The predicted molar refractivity (Wildman–Crippen MR) is 120 cm³/mol. The van der Waals surface area contributed by atoms with E-state index < -0.39 is 0 Å². The van der Waals surface area contributed by atoms with Gasteiger partial charge in [0.1, 0.15) is 18.1 Å². The minimum Gasteiger partial charge on any atom is -0.492 e. The Morgan fingerprint density at radius 1 is 0.966 bits per heavy atom. The van der Waals surface area contributed by atoms with Gasteiger partial charge < -0.3 is 14.8 Å². The van der Waals surface area contributed by atoms with Crippen molar-refractivity contribution in [3.05, 3.63) is 101 Å². The number of nitrogens with one attached hydrogen (secondary N) is 1. The number of ether oxygens (including phenoxy) is 2. The molecular formula is C24H22BrNO3. The van der Waals surface area contributed by atoms with Gasteiger partial charge in [0.25, 0.3) is 5.91 Å². The van der Waals surface area contributed by atoms with Crippen molar-refractivity contribution in [2.75, 3.05) is 18.5 Å². The van der Waals surface area contributed by atoms with E-state index in [4.69, 9.17) is 9.47 Å². The van der Waals surface area contributed by atoms with Crippen molar-refractivity contribution in [2.24, 2.45) is 0 Å². The first-order valence-electron chi connectivity index (χ1n) is 9.27. The van der Waals surface area contributed by atoms with Gasteiger partial charge in [-0.25, -0.2) is 0 Å². The Hall–Kier alpha value is -3.05. The molecule has 4 nitrogen and oxygen atoms in total. The summed E-state index contributed by atoms with van der Waals surface area (Å²) >= 11 is 3.43. The summed E-state index contributed by atoms with van der Waals surface area (Å²) in [6.45, 7) is 4.49. The van der Waals surface area contributed by atoms with E-state index in [1.165, 1.54) is 5.56 Å². The van der Waals surface area contributed by atoms with Crippen LogP contribution in [0.1, 0.15) is 15.9 Å². The number of para-hydroxylation sites is 2. The maximum absolute atomic E-state index is 13.0. The summed E-state index contributed by atoms with van der Waals surface area (Å²) in [5, 5.41) is 2.91. The molecule has 0 aromatic heterocycles. The minimum atomic E-state index is -0.268. The average Bonchev–Trinajstić information content (AvgIpc) is 2.75. The van der Waals surface area contributed by atoms with Crippen molar-refractivity contribution >= 4 is 27.5 Å². The fraction of sp³-hybridized carbons (Fsp3) is 0.125. The molecule has 0 bridgehead atoms. The second-order valence-electron chi connectivity index (χ2n) is 6.27. The molecule has 0 heterocycles. The van der Waals surface area contributed by atoms with Crippen LogP contribution < -0.4 is 14.8 Å². The molecule has 0 atom stereocenters. The maximum Gasteiger partial charge on any atom is 0.259 e. The van der Waals surface area contributed by atoms with E-state index in [0.717, 1.165) is 10.9 Å². The van der Waals surface area contributed by atoms with Crippen molar-refractivity contribution in [3.8, 4) is 11.5 Å². The summed E-state index contributed by atoms with van der Waals surface area (Å²) < 4.78 is 12.3. The number of rotatable bonds is 9. The molecule has 0 spiro atoms. The number of hydrogen-bond donors (Lipinski definition) is 1. The molecule has 1 N–H and O–H groups in total. The van der Waals surface area contributed by atoms with Crippen LogP contribution in [0.25, 0.3) is 0 Å². The van der Waals surface area contributed by atoms with E-state index in [-0.39, 0.29) is 5.91 Å². The summed E-state index contributed by atoms with van der Waals surface area (Å²) in [5.41, 5.74) is 2.23. The molecule has 29 heavy (non-hydrogen) atoms. The Morgan fingerprint density at radius 3 is 2.52 bits per heavy atom. The van der Waals surface area contributed by atoms with Crippen LogP contribution in [0.2, 0.25) is 0 Å². The lowest BCUT2D eigenvalue weighted by Gasteiger charge is -2.14. The van der Waals surface area contributed by atoms with Crippen molar-refractivity contribution < 1.29 is 14.3 Å². The van der Waals surface area contributed by atoms with Gasteiger partial charge in [-0.1, -0.05) is 71.0 Å². The first-order valence-corrected chi connectivity index (χ1v) is 10.1. The molecule has 3 rings (SSSR count). The molecule has 1 amide bonds. The van der Waals surface area contributed by atoms with E-state index in [0.29, 0.717) is 36.0 Å². The van der Waals surface area contributed by atoms with E-state index in [9.17, 15) is 4.79 Å². The minimum absolute atomic E-state index is 0.268. The number of carbonyl (C=O) groups excluding carboxylic acids is 1. The number of hydrogen-bond acceptors (Lipinski definition) is 3. The lowest BCUT2D eigenvalue weighted by Crippen LogP contribution is -2.15. The Kier molecular flexibility index (Phi) is 7.47. The lowest BCUT2D eigenvalue weighted by molar-refractivity contribution is 0.102. The summed E-state index contributed by atoms with van der Waals surface area (Å²) in [5.74, 6) is 0.851. The summed E-state index contributed by atoms with van der Waals surface area (Å²) in [7, 11) is 0. The normalized spacial score (nSPS) is 10.2. The molecule has 148 valence electrons. The Labute approximate surface area is 179 Å². The molecule has 0 radical (unpaired) electrons. The van der Waals surface area contributed by atoms with Gasteiger partial charge in [-0.3, -0.25) is 4.79 Å². The highest BCUT2D eigenvalue weighted by Gasteiger charge is 2.15. The molecule has 0 aliphatic carbocycles. The van der Waals surface area contributed by atoms with Gasteiger partial charge in [-0.05, 0) is 35.9 Å². The maximum atomic E-state index is 13.0. The quantitative estimate of drug-likeness (QED) is 0.412. The second kappa shape index (κ2) is 10.5. The van der Waals surface area contributed by atoms with Crippen LogP contribution in [-0.2, 0) is 6.42 Å². The van der Waals surface area contributed by atoms with E-state index in [2.05, 4.69) is 40.0 Å². The van der Waals surface area contributed by atoms with E-state index in [1.54, 1.807) is 30.3 Å². The summed E-state index contributed by atoms with van der Waals surface area (Å²) in [4.78, 5) is 13.0. The largest absolute Gasteiger partial charge is 0.492 e. The molecule has 3 aromatic carbocycles. The predicted octanol–water partition coefficient (Wildman–Crippen LogP) is 5.89. The highest BCUT2D eigenvalue weighted by molar-refractivity contribution is 9.10. The zero-order chi connectivity index (χ0) is 20.5. The summed E-state index contributed by atoms with van der Waals surface area (Å²) in [6, 6.07) is 22.8. The van der Waals surface area contributed by atoms with Crippen LogP contribution in [0, 0.1) is 0 Å².